The second-order valence-corrected chi connectivity index (χ2v) is 4.66. The molecule has 0 saturated carbocycles. The molecule has 0 saturated heterocycles. The van der Waals surface area contributed by atoms with Gasteiger partial charge in [0.25, 0.3) is 0 Å². The van der Waals surface area contributed by atoms with Crippen molar-refractivity contribution in [3.63, 3.8) is 0 Å². The Balaban J connectivity index is 1.80. The zero-order valence-electron chi connectivity index (χ0n) is 12.0. The summed E-state index contributed by atoms with van der Waals surface area (Å²) < 4.78 is 15.7. The van der Waals surface area contributed by atoms with Crippen LogP contribution in [0.2, 0.25) is 0 Å². The van der Waals surface area contributed by atoms with Crippen molar-refractivity contribution in [2.24, 2.45) is 5.16 Å². The molecule has 2 aromatic carbocycles. The molecule has 112 valence electrons. The lowest BCUT2D eigenvalue weighted by Gasteiger charge is -2.02. The Morgan fingerprint density at radius 3 is 2.64 bits per heavy atom. The van der Waals surface area contributed by atoms with Crippen LogP contribution in [0.3, 0.4) is 0 Å². The smallest absolute Gasteiger partial charge is 0.231 e. The van der Waals surface area contributed by atoms with E-state index in [9.17, 15) is 5.21 Å². The summed E-state index contributed by atoms with van der Waals surface area (Å²) in [4.78, 5) is 0. The van der Waals surface area contributed by atoms with Gasteiger partial charge in [0.05, 0.1) is 7.11 Å². The molecule has 1 N–H and O–H groups in total. The topological polar surface area (TPSA) is 60.3 Å². The molecule has 1 aliphatic rings. The van der Waals surface area contributed by atoms with Gasteiger partial charge in [0, 0.05) is 5.56 Å². The van der Waals surface area contributed by atoms with Gasteiger partial charge < -0.3 is 19.4 Å². The molecule has 0 radical (unpaired) electrons. The second kappa shape index (κ2) is 6.22. The molecule has 1 heterocycles. The minimum absolute atomic E-state index is 0.248. The van der Waals surface area contributed by atoms with Crippen molar-refractivity contribution in [3.05, 3.63) is 59.7 Å². The first kappa shape index (κ1) is 14.0. The van der Waals surface area contributed by atoms with Gasteiger partial charge in [-0.15, -0.1) is 0 Å². The first-order chi connectivity index (χ1) is 10.8. The fourth-order valence-corrected chi connectivity index (χ4v) is 2.14. The fraction of sp³-hybridized carbons (Fsp3) is 0.118. The lowest BCUT2D eigenvalue weighted by Crippen LogP contribution is -1.96. The van der Waals surface area contributed by atoms with E-state index in [2.05, 4.69) is 5.16 Å². The third kappa shape index (κ3) is 2.88. The predicted octanol–water partition coefficient (Wildman–Crippen LogP) is 3.32. The first-order valence-electron chi connectivity index (χ1n) is 6.74. The third-order valence-corrected chi connectivity index (χ3v) is 3.32. The van der Waals surface area contributed by atoms with E-state index >= 15 is 0 Å². The fourth-order valence-electron chi connectivity index (χ4n) is 2.14. The predicted molar refractivity (Wildman–Crippen MR) is 82.9 cm³/mol. The summed E-state index contributed by atoms with van der Waals surface area (Å²) in [5.41, 5.74) is 2.18. The highest BCUT2D eigenvalue weighted by Crippen LogP contribution is 2.32. The molecular weight excluding hydrogens is 282 g/mol. The van der Waals surface area contributed by atoms with E-state index in [0.29, 0.717) is 11.5 Å². The molecule has 0 amide bonds. The van der Waals surface area contributed by atoms with Crippen LogP contribution in [0.1, 0.15) is 11.1 Å². The van der Waals surface area contributed by atoms with Crippen molar-refractivity contribution in [2.75, 3.05) is 13.9 Å². The molecule has 0 atom stereocenters. The third-order valence-electron chi connectivity index (χ3n) is 3.32. The molecule has 2 aromatic rings. The van der Waals surface area contributed by atoms with Crippen LogP contribution in [0.15, 0.2) is 53.7 Å². The quantitative estimate of drug-likeness (QED) is 0.534. The Labute approximate surface area is 128 Å². The number of methoxy groups -OCH3 is 1. The standard InChI is InChI=1S/C17H15NO4/c1-20-14-6-4-13(5-7-14)15(18-19)8-2-12-3-9-16-17(10-12)22-11-21-16/h2-10,19H,11H2,1H3/b8-2+,18-15-. The van der Waals surface area contributed by atoms with E-state index in [1.165, 1.54) is 0 Å². The highest BCUT2D eigenvalue weighted by Gasteiger charge is 2.12. The summed E-state index contributed by atoms with van der Waals surface area (Å²) in [6.45, 7) is 0.248. The summed E-state index contributed by atoms with van der Waals surface area (Å²) in [5.74, 6) is 2.21. The Bertz CT molecular complexity index is 720. The van der Waals surface area contributed by atoms with Crippen LogP contribution in [-0.4, -0.2) is 24.8 Å². The number of hydrogen-bond donors (Lipinski definition) is 1. The van der Waals surface area contributed by atoms with Gasteiger partial charge in [-0.3, -0.25) is 0 Å². The van der Waals surface area contributed by atoms with Gasteiger partial charge >= 0.3 is 0 Å². The van der Waals surface area contributed by atoms with Crippen molar-refractivity contribution in [1.29, 1.82) is 0 Å². The van der Waals surface area contributed by atoms with E-state index in [1.54, 1.807) is 13.2 Å². The molecule has 0 bridgehead atoms. The number of rotatable bonds is 4. The summed E-state index contributed by atoms with van der Waals surface area (Å²) in [6, 6.07) is 12.9. The molecule has 5 heteroatoms. The Hall–Kier alpha value is -2.95. The summed E-state index contributed by atoms with van der Waals surface area (Å²) in [5, 5.41) is 12.5. The van der Waals surface area contributed by atoms with E-state index in [4.69, 9.17) is 14.2 Å². The zero-order valence-corrected chi connectivity index (χ0v) is 12.0. The molecular formula is C17H15NO4. The molecule has 1 aliphatic heterocycles. The molecule has 0 unspecified atom stereocenters. The maximum Gasteiger partial charge on any atom is 0.231 e. The van der Waals surface area contributed by atoms with Gasteiger partial charge in [0.15, 0.2) is 11.5 Å². The Morgan fingerprint density at radius 1 is 1.14 bits per heavy atom. The largest absolute Gasteiger partial charge is 0.497 e. The van der Waals surface area contributed by atoms with Gasteiger partial charge in [-0.2, -0.15) is 0 Å². The lowest BCUT2D eigenvalue weighted by molar-refractivity contribution is 0.174. The van der Waals surface area contributed by atoms with Crippen LogP contribution in [0, 0.1) is 0 Å². The summed E-state index contributed by atoms with van der Waals surface area (Å²) in [6.07, 6.45) is 3.58. The van der Waals surface area contributed by atoms with Crippen LogP contribution < -0.4 is 14.2 Å². The number of allylic oxidation sites excluding steroid dienone is 1. The second-order valence-electron chi connectivity index (χ2n) is 4.66. The van der Waals surface area contributed by atoms with Crippen molar-refractivity contribution < 1.29 is 19.4 Å². The lowest BCUT2D eigenvalue weighted by atomic mass is 10.1. The molecule has 0 fully saturated rings. The van der Waals surface area contributed by atoms with Crippen molar-refractivity contribution in [3.8, 4) is 17.2 Å². The van der Waals surface area contributed by atoms with Gasteiger partial charge in [-0.25, -0.2) is 0 Å². The van der Waals surface area contributed by atoms with Crippen LogP contribution in [0.4, 0.5) is 0 Å². The van der Waals surface area contributed by atoms with Crippen LogP contribution in [-0.2, 0) is 0 Å². The monoisotopic (exact) mass is 297 g/mol. The summed E-state index contributed by atoms with van der Waals surface area (Å²) >= 11 is 0. The normalized spacial score (nSPS) is 13.6. The van der Waals surface area contributed by atoms with E-state index in [0.717, 1.165) is 22.6 Å². The molecule has 5 nitrogen and oxygen atoms in total. The van der Waals surface area contributed by atoms with Gasteiger partial charge in [-0.05, 0) is 48.0 Å². The average Bonchev–Trinajstić information content (AvgIpc) is 3.03. The van der Waals surface area contributed by atoms with Crippen LogP contribution >= 0.6 is 0 Å². The van der Waals surface area contributed by atoms with Crippen LogP contribution in [0.25, 0.3) is 6.08 Å². The van der Waals surface area contributed by atoms with Crippen LogP contribution in [0.5, 0.6) is 17.2 Å². The van der Waals surface area contributed by atoms with Gasteiger partial charge in [0.2, 0.25) is 6.79 Å². The van der Waals surface area contributed by atoms with Gasteiger partial charge in [-0.1, -0.05) is 17.3 Å². The molecule has 22 heavy (non-hydrogen) atoms. The molecule has 0 aliphatic carbocycles. The van der Waals surface area contributed by atoms with Gasteiger partial charge in [0.1, 0.15) is 11.5 Å². The highest BCUT2D eigenvalue weighted by molar-refractivity contribution is 6.10. The van der Waals surface area contributed by atoms with Crippen molar-refractivity contribution >= 4 is 11.8 Å². The average molecular weight is 297 g/mol. The zero-order chi connectivity index (χ0) is 15.4. The SMILES string of the molecule is COc1ccc(C(/C=C/c2ccc3c(c2)OCO3)=N\O)cc1. The Morgan fingerprint density at radius 2 is 1.91 bits per heavy atom. The van der Waals surface area contributed by atoms with Crippen molar-refractivity contribution in [1.82, 2.24) is 0 Å². The minimum atomic E-state index is 0.248. The molecule has 0 aromatic heterocycles. The van der Waals surface area contributed by atoms with E-state index < -0.39 is 0 Å². The number of oxime groups is 1. The van der Waals surface area contributed by atoms with E-state index in [-0.39, 0.29) is 6.79 Å². The Kier molecular flexibility index (Phi) is 3.96. The number of nitrogens with zero attached hydrogens (tertiary/aromatic N) is 1. The molecule has 3 rings (SSSR count). The maximum atomic E-state index is 9.20. The number of benzene rings is 2. The minimum Gasteiger partial charge on any atom is -0.497 e. The number of fused-ring (bicyclic) bond motifs is 1. The first-order valence-corrected chi connectivity index (χ1v) is 6.74. The maximum absolute atomic E-state index is 9.20. The van der Waals surface area contributed by atoms with Crippen molar-refractivity contribution in [2.45, 2.75) is 0 Å². The molecule has 0 spiro atoms. The highest BCUT2D eigenvalue weighted by atomic mass is 16.7. The number of ether oxygens (including phenoxy) is 3. The van der Waals surface area contributed by atoms with E-state index in [1.807, 2.05) is 48.5 Å². The summed E-state index contributed by atoms with van der Waals surface area (Å²) in [7, 11) is 1.61. The number of hydrogen-bond acceptors (Lipinski definition) is 5.